The summed E-state index contributed by atoms with van der Waals surface area (Å²) in [6, 6.07) is 15.8. The first-order chi connectivity index (χ1) is 12.1. The van der Waals surface area contributed by atoms with Crippen molar-refractivity contribution in [3.05, 3.63) is 59.7 Å². The Morgan fingerprint density at radius 1 is 1.12 bits per heavy atom. The van der Waals surface area contributed by atoms with Gasteiger partial charge in [0, 0.05) is 0 Å². The second-order valence-corrected chi connectivity index (χ2v) is 6.06. The van der Waals surface area contributed by atoms with Gasteiger partial charge < -0.3 is 14.8 Å². The smallest absolute Gasteiger partial charge is 0.260 e. The first-order valence-electron chi connectivity index (χ1n) is 8.82. The third-order valence-corrected chi connectivity index (χ3v) is 3.90. The maximum Gasteiger partial charge on any atom is 0.260 e. The Hall–Kier alpha value is -2.49. The average molecular weight is 341 g/mol. The van der Waals surface area contributed by atoms with Crippen molar-refractivity contribution >= 4 is 5.91 Å². The maximum atomic E-state index is 12.1. The van der Waals surface area contributed by atoms with E-state index in [-0.39, 0.29) is 5.91 Å². The number of aryl methyl sites for hydroxylation is 2. The van der Waals surface area contributed by atoms with Crippen LogP contribution in [0.1, 0.15) is 31.4 Å². The summed E-state index contributed by atoms with van der Waals surface area (Å²) < 4.78 is 11.4. The van der Waals surface area contributed by atoms with Crippen LogP contribution < -0.4 is 14.8 Å². The molecule has 2 aromatic carbocycles. The second-order valence-electron chi connectivity index (χ2n) is 6.06. The van der Waals surface area contributed by atoms with E-state index in [0.717, 1.165) is 29.9 Å². The molecule has 0 aliphatic carbocycles. The zero-order chi connectivity index (χ0) is 18.1. The molecule has 0 aliphatic rings. The van der Waals surface area contributed by atoms with Crippen LogP contribution in [0.2, 0.25) is 0 Å². The molecular formula is C21H27NO3. The number of para-hydroxylation sites is 1. The Morgan fingerprint density at radius 3 is 2.52 bits per heavy atom. The van der Waals surface area contributed by atoms with E-state index in [9.17, 15) is 4.79 Å². The van der Waals surface area contributed by atoms with Crippen LogP contribution in [0.3, 0.4) is 0 Å². The minimum atomic E-state index is -0.547. The number of ether oxygens (including phenoxy) is 2. The molecule has 1 amide bonds. The number of benzene rings is 2. The lowest BCUT2D eigenvalue weighted by atomic mass is 10.1. The molecule has 0 heterocycles. The Labute approximate surface area is 150 Å². The highest BCUT2D eigenvalue weighted by Gasteiger charge is 2.14. The van der Waals surface area contributed by atoms with Gasteiger partial charge in [0.2, 0.25) is 0 Å². The Kier molecular flexibility index (Phi) is 7.33. The predicted octanol–water partition coefficient (Wildman–Crippen LogP) is 3.91. The fourth-order valence-electron chi connectivity index (χ4n) is 2.46. The maximum absolute atomic E-state index is 12.1. The van der Waals surface area contributed by atoms with Gasteiger partial charge in [-0.1, -0.05) is 43.7 Å². The molecule has 0 unspecified atom stereocenters. The molecule has 4 nitrogen and oxygen atoms in total. The number of carbonyl (C=O) groups excluding carboxylic acids is 1. The third-order valence-electron chi connectivity index (χ3n) is 3.90. The SMILES string of the molecule is CCCc1ccc(OCCNC(=O)[C@@H](C)Oc2ccccc2C)cc1. The quantitative estimate of drug-likeness (QED) is 0.704. The summed E-state index contributed by atoms with van der Waals surface area (Å²) in [7, 11) is 0. The van der Waals surface area contributed by atoms with E-state index in [1.165, 1.54) is 5.56 Å². The number of carbonyl (C=O) groups is 1. The van der Waals surface area contributed by atoms with Crippen molar-refractivity contribution in [1.82, 2.24) is 5.32 Å². The number of hydrogen-bond acceptors (Lipinski definition) is 3. The molecule has 2 aromatic rings. The van der Waals surface area contributed by atoms with Crippen LogP contribution >= 0.6 is 0 Å². The molecule has 4 heteroatoms. The van der Waals surface area contributed by atoms with E-state index in [1.807, 2.05) is 43.3 Å². The van der Waals surface area contributed by atoms with Gasteiger partial charge in [0.05, 0.1) is 6.54 Å². The second kappa shape index (κ2) is 9.72. The van der Waals surface area contributed by atoms with Crippen LogP contribution in [0.25, 0.3) is 0 Å². The molecule has 0 aromatic heterocycles. The zero-order valence-corrected chi connectivity index (χ0v) is 15.2. The lowest BCUT2D eigenvalue weighted by molar-refractivity contribution is -0.127. The standard InChI is InChI=1S/C21H27NO3/c1-4-7-18-10-12-19(13-11-18)24-15-14-22-21(23)17(3)25-20-9-6-5-8-16(20)2/h5-6,8-13,17H,4,7,14-15H2,1-3H3,(H,22,23)/t17-/m1/s1. The zero-order valence-electron chi connectivity index (χ0n) is 15.2. The molecule has 1 atom stereocenters. The summed E-state index contributed by atoms with van der Waals surface area (Å²) >= 11 is 0. The highest BCUT2D eigenvalue weighted by Crippen LogP contribution is 2.17. The predicted molar refractivity (Wildman–Crippen MR) is 100 cm³/mol. The van der Waals surface area contributed by atoms with Crippen molar-refractivity contribution in [2.45, 2.75) is 39.7 Å². The van der Waals surface area contributed by atoms with E-state index >= 15 is 0 Å². The normalized spacial score (nSPS) is 11.6. The largest absolute Gasteiger partial charge is 0.492 e. The lowest BCUT2D eigenvalue weighted by Gasteiger charge is -2.16. The summed E-state index contributed by atoms with van der Waals surface area (Å²) in [5, 5.41) is 2.84. The monoisotopic (exact) mass is 341 g/mol. The highest BCUT2D eigenvalue weighted by molar-refractivity contribution is 5.80. The minimum Gasteiger partial charge on any atom is -0.492 e. The fraction of sp³-hybridized carbons (Fsp3) is 0.381. The molecule has 0 aliphatic heterocycles. The summed E-state index contributed by atoms with van der Waals surface area (Å²) in [5.41, 5.74) is 2.32. The Balaban J connectivity index is 1.70. The van der Waals surface area contributed by atoms with Gasteiger partial charge in [-0.2, -0.15) is 0 Å². The minimum absolute atomic E-state index is 0.148. The van der Waals surface area contributed by atoms with Crippen LogP contribution in [-0.4, -0.2) is 25.2 Å². The molecule has 0 saturated carbocycles. The van der Waals surface area contributed by atoms with Crippen molar-refractivity contribution in [3.8, 4) is 11.5 Å². The van der Waals surface area contributed by atoms with Gasteiger partial charge in [0.15, 0.2) is 6.10 Å². The van der Waals surface area contributed by atoms with Crippen LogP contribution in [0.4, 0.5) is 0 Å². The molecule has 0 spiro atoms. The van der Waals surface area contributed by atoms with Crippen LogP contribution in [0.15, 0.2) is 48.5 Å². The summed E-state index contributed by atoms with van der Waals surface area (Å²) in [6.45, 7) is 6.73. The molecule has 0 saturated heterocycles. The number of rotatable bonds is 9. The molecule has 134 valence electrons. The summed E-state index contributed by atoms with van der Waals surface area (Å²) in [5.74, 6) is 1.40. The van der Waals surface area contributed by atoms with Crippen molar-refractivity contribution in [1.29, 1.82) is 0 Å². The lowest BCUT2D eigenvalue weighted by Crippen LogP contribution is -2.38. The van der Waals surface area contributed by atoms with Gasteiger partial charge in [0.1, 0.15) is 18.1 Å². The van der Waals surface area contributed by atoms with Crippen LogP contribution in [0, 0.1) is 6.92 Å². The molecule has 0 bridgehead atoms. The van der Waals surface area contributed by atoms with Crippen molar-refractivity contribution in [2.24, 2.45) is 0 Å². The van der Waals surface area contributed by atoms with Crippen LogP contribution in [-0.2, 0) is 11.2 Å². The van der Waals surface area contributed by atoms with Gasteiger partial charge in [-0.25, -0.2) is 0 Å². The van der Waals surface area contributed by atoms with E-state index in [4.69, 9.17) is 9.47 Å². The van der Waals surface area contributed by atoms with Crippen molar-refractivity contribution < 1.29 is 14.3 Å². The number of amides is 1. The van der Waals surface area contributed by atoms with Gasteiger partial charge in [0.25, 0.3) is 5.91 Å². The van der Waals surface area contributed by atoms with E-state index in [1.54, 1.807) is 6.92 Å². The van der Waals surface area contributed by atoms with Gasteiger partial charge in [-0.3, -0.25) is 4.79 Å². The van der Waals surface area contributed by atoms with E-state index < -0.39 is 6.10 Å². The number of hydrogen-bond donors (Lipinski definition) is 1. The van der Waals surface area contributed by atoms with E-state index in [0.29, 0.717) is 13.2 Å². The first kappa shape index (κ1) is 18.8. The highest BCUT2D eigenvalue weighted by atomic mass is 16.5. The van der Waals surface area contributed by atoms with Crippen LogP contribution in [0.5, 0.6) is 11.5 Å². The van der Waals surface area contributed by atoms with Crippen molar-refractivity contribution in [2.75, 3.05) is 13.2 Å². The molecule has 1 N–H and O–H groups in total. The third kappa shape index (κ3) is 6.14. The summed E-state index contributed by atoms with van der Waals surface area (Å²) in [6.07, 6.45) is 1.67. The first-order valence-corrected chi connectivity index (χ1v) is 8.82. The number of nitrogens with one attached hydrogen (secondary N) is 1. The molecule has 0 radical (unpaired) electrons. The van der Waals surface area contributed by atoms with Gasteiger partial charge in [-0.05, 0) is 49.6 Å². The van der Waals surface area contributed by atoms with Crippen molar-refractivity contribution in [3.63, 3.8) is 0 Å². The Bertz CT molecular complexity index is 667. The summed E-state index contributed by atoms with van der Waals surface area (Å²) in [4.78, 5) is 12.1. The molecule has 25 heavy (non-hydrogen) atoms. The molecule has 2 rings (SSSR count). The van der Waals surface area contributed by atoms with Gasteiger partial charge in [-0.15, -0.1) is 0 Å². The molecule has 0 fully saturated rings. The molecular weight excluding hydrogens is 314 g/mol. The average Bonchev–Trinajstić information content (AvgIpc) is 2.62. The van der Waals surface area contributed by atoms with Gasteiger partial charge >= 0.3 is 0 Å². The fourth-order valence-corrected chi connectivity index (χ4v) is 2.46. The topological polar surface area (TPSA) is 47.6 Å². The van der Waals surface area contributed by atoms with E-state index in [2.05, 4.69) is 24.4 Å². The Morgan fingerprint density at radius 2 is 1.84 bits per heavy atom.